The van der Waals surface area contributed by atoms with Gasteiger partial charge in [0.15, 0.2) is 0 Å². The Kier molecular flexibility index (Phi) is 5.29. The molecular formula is C14H16Cl2N2OS. The minimum atomic E-state index is -0.220. The van der Waals surface area contributed by atoms with E-state index in [0.29, 0.717) is 8.67 Å². The largest absolute Gasteiger partial charge is 0.491 e. The number of thiophene rings is 1. The molecule has 108 valence electrons. The van der Waals surface area contributed by atoms with Crippen molar-refractivity contribution >= 4 is 34.5 Å². The Balaban J connectivity index is 2.34. The van der Waals surface area contributed by atoms with Crippen molar-refractivity contribution in [2.24, 2.45) is 5.84 Å². The zero-order chi connectivity index (χ0) is 14.7. The molecule has 1 aromatic carbocycles. The van der Waals surface area contributed by atoms with Gasteiger partial charge in [-0.15, -0.1) is 11.3 Å². The van der Waals surface area contributed by atoms with Gasteiger partial charge in [-0.2, -0.15) is 0 Å². The van der Waals surface area contributed by atoms with Crippen LogP contribution in [0.25, 0.3) is 0 Å². The second kappa shape index (κ2) is 6.78. The fraction of sp³-hybridized carbons (Fsp3) is 0.286. The molecule has 0 radical (unpaired) electrons. The molecule has 1 unspecified atom stereocenters. The zero-order valence-corrected chi connectivity index (χ0v) is 13.5. The van der Waals surface area contributed by atoms with E-state index in [9.17, 15) is 0 Å². The van der Waals surface area contributed by atoms with Gasteiger partial charge in [-0.3, -0.25) is 5.84 Å². The Bertz CT molecular complexity index is 586. The Labute approximate surface area is 132 Å². The average molecular weight is 331 g/mol. The topological polar surface area (TPSA) is 47.3 Å². The minimum absolute atomic E-state index is 0.119. The fourth-order valence-electron chi connectivity index (χ4n) is 1.95. The van der Waals surface area contributed by atoms with Crippen LogP contribution in [0.15, 0.2) is 30.3 Å². The van der Waals surface area contributed by atoms with Crippen LogP contribution in [0.1, 0.15) is 31.0 Å². The molecule has 0 bridgehead atoms. The third-order valence-electron chi connectivity index (χ3n) is 2.72. The molecule has 2 aromatic rings. The summed E-state index contributed by atoms with van der Waals surface area (Å²) in [4.78, 5) is 0. The van der Waals surface area contributed by atoms with E-state index in [1.807, 2.05) is 44.2 Å². The first kappa shape index (κ1) is 15.6. The van der Waals surface area contributed by atoms with Crippen molar-refractivity contribution in [3.8, 4) is 5.75 Å². The predicted octanol–water partition coefficient (Wildman–Crippen LogP) is 4.39. The molecule has 0 fully saturated rings. The molecule has 0 saturated heterocycles. The van der Waals surface area contributed by atoms with Crippen molar-refractivity contribution in [1.82, 2.24) is 5.43 Å². The maximum absolute atomic E-state index is 6.20. The van der Waals surface area contributed by atoms with Gasteiger partial charge in [-0.25, -0.2) is 5.43 Å². The van der Waals surface area contributed by atoms with Crippen molar-refractivity contribution in [3.05, 3.63) is 50.1 Å². The summed E-state index contributed by atoms with van der Waals surface area (Å²) in [6.07, 6.45) is 0.119. The van der Waals surface area contributed by atoms with Crippen LogP contribution in [0.5, 0.6) is 5.75 Å². The van der Waals surface area contributed by atoms with E-state index in [1.165, 1.54) is 11.3 Å². The quantitative estimate of drug-likeness (QED) is 0.631. The Morgan fingerprint density at radius 2 is 2.00 bits per heavy atom. The summed E-state index contributed by atoms with van der Waals surface area (Å²) in [6, 6.07) is 9.38. The number of nitrogens with one attached hydrogen (secondary N) is 1. The second-order valence-corrected chi connectivity index (χ2v) is 6.90. The second-order valence-electron chi connectivity index (χ2n) is 4.62. The lowest BCUT2D eigenvalue weighted by Gasteiger charge is -2.18. The highest BCUT2D eigenvalue weighted by Gasteiger charge is 2.19. The third kappa shape index (κ3) is 3.65. The predicted molar refractivity (Wildman–Crippen MR) is 85.7 cm³/mol. The standard InChI is InChI=1S/C14H16Cl2N2OS/c1-8(2)19-10-5-3-4-9(6-10)13(18-17)11-7-12(15)20-14(11)16/h3-8,13,18H,17H2,1-2H3. The van der Waals surface area contributed by atoms with E-state index in [-0.39, 0.29) is 12.1 Å². The highest BCUT2D eigenvalue weighted by molar-refractivity contribution is 7.20. The summed E-state index contributed by atoms with van der Waals surface area (Å²) >= 11 is 13.5. The first-order valence-corrected chi connectivity index (χ1v) is 7.76. The van der Waals surface area contributed by atoms with Crippen LogP contribution in [0.3, 0.4) is 0 Å². The molecule has 0 aliphatic rings. The number of halogens is 2. The van der Waals surface area contributed by atoms with E-state index >= 15 is 0 Å². The van der Waals surface area contributed by atoms with Gasteiger partial charge in [0.05, 0.1) is 20.8 Å². The van der Waals surface area contributed by atoms with Crippen LogP contribution < -0.4 is 16.0 Å². The van der Waals surface area contributed by atoms with Crippen LogP contribution >= 0.6 is 34.5 Å². The maximum Gasteiger partial charge on any atom is 0.120 e. The summed E-state index contributed by atoms with van der Waals surface area (Å²) in [7, 11) is 0. The average Bonchev–Trinajstić information content (AvgIpc) is 2.69. The monoisotopic (exact) mass is 330 g/mol. The lowest BCUT2D eigenvalue weighted by molar-refractivity contribution is 0.242. The van der Waals surface area contributed by atoms with Crippen molar-refractivity contribution in [1.29, 1.82) is 0 Å². The zero-order valence-electron chi connectivity index (χ0n) is 11.2. The van der Waals surface area contributed by atoms with Gasteiger partial charge in [0, 0.05) is 5.56 Å². The molecule has 2 rings (SSSR count). The molecule has 3 N–H and O–H groups in total. The number of hydrogen-bond acceptors (Lipinski definition) is 4. The number of ether oxygens (including phenoxy) is 1. The summed E-state index contributed by atoms with van der Waals surface area (Å²) < 4.78 is 6.97. The van der Waals surface area contributed by atoms with Crippen molar-refractivity contribution in [2.75, 3.05) is 0 Å². The molecular weight excluding hydrogens is 315 g/mol. The summed E-state index contributed by atoms with van der Waals surface area (Å²) in [5.74, 6) is 6.48. The maximum atomic E-state index is 6.20. The molecule has 1 atom stereocenters. The lowest BCUT2D eigenvalue weighted by atomic mass is 10.0. The number of nitrogens with two attached hydrogens (primary N) is 1. The van der Waals surface area contributed by atoms with Gasteiger partial charge >= 0.3 is 0 Å². The normalized spacial score (nSPS) is 12.7. The van der Waals surface area contributed by atoms with E-state index < -0.39 is 0 Å². The molecule has 0 saturated carbocycles. The van der Waals surface area contributed by atoms with Gasteiger partial charge in [0.1, 0.15) is 5.75 Å². The van der Waals surface area contributed by atoms with Crippen molar-refractivity contribution in [2.45, 2.75) is 26.0 Å². The molecule has 1 heterocycles. The summed E-state index contributed by atoms with van der Waals surface area (Å²) in [5, 5.41) is 0. The Morgan fingerprint density at radius 1 is 1.25 bits per heavy atom. The van der Waals surface area contributed by atoms with Crippen LogP contribution in [-0.2, 0) is 0 Å². The van der Waals surface area contributed by atoms with Gasteiger partial charge < -0.3 is 4.74 Å². The SMILES string of the molecule is CC(C)Oc1cccc(C(NN)c2cc(Cl)sc2Cl)c1. The van der Waals surface area contributed by atoms with Crippen molar-refractivity contribution in [3.63, 3.8) is 0 Å². The minimum Gasteiger partial charge on any atom is -0.491 e. The summed E-state index contributed by atoms with van der Waals surface area (Å²) in [5.41, 5.74) is 4.62. The molecule has 20 heavy (non-hydrogen) atoms. The van der Waals surface area contributed by atoms with E-state index in [0.717, 1.165) is 16.9 Å². The molecule has 0 aliphatic carbocycles. The Morgan fingerprint density at radius 3 is 2.55 bits per heavy atom. The van der Waals surface area contributed by atoms with Gasteiger partial charge in [0.2, 0.25) is 0 Å². The lowest BCUT2D eigenvalue weighted by Crippen LogP contribution is -2.28. The molecule has 0 aliphatic heterocycles. The first-order chi connectivity index (χ1) is 9.51. The van der Waals surface area contributed by atoms with Gasteiger partial charge in [0.25, 0.3) is 0 Å². The number of rotatable bonds is 5. The highest BCUT2D eigenvalue weighted by atomic mass is 35.5. The Hall–Kier alpha value is -0.780. The van der Waals surface area contributed by atoms with Crippen LogP contribution in [0.2, 0.25) is 8.67 Å². The molecule has 0 spiro atoms. The molecule has 3 nitrogen and oxygen atoms in total. The summed E-state index contributed by atoms with van der Waals surface area (Å²) in [6.45, 7) is 3.97. The van der Waals surface area contributed by atoms with Crippen LogP contribution in [0, 0.1) is 0 Å². The molecule has 6 heteroatoms. The van der Waals surface area contributed by atoms with Crippen LogP contribution in [0.4, 0.5) is 0 Å². The van der Waals surface area contributed by atoms with Gasteiger partial charge in [-0.1, -0.05) is 35.3 Å². The third-order valence-corrected chi connectivity index (χ3v) is 4.24. The van der Waals surface area contributed by atoms with Crippen LogP contribution in [-0.4, -0.2) is 6.10 Å². The first-order valence-electron chi connectivity index (χ1n) is 6.18. The molecule has 1 aromatic heterocycles. The van der Waals surface area contributed by atoms with E-state index in [1.54, 1.807) is 0 Å². The van der Waals surface area contributed by atoms with Crippen molar-refractivity contribution < 1.29 is 4.74 Å². The molecule has 0 amide bonds. The smallest absolute Gasteiger partial charge is 0.120 e. The van der Waals surface area contributed by atoms with Gasteiger partial charge in [-0.05, 0) is 37.6 Å². The van der Waals surface area contributed by atoms with E-state index in [2.05, 4.69) is 5.43 Å². The fourth-order valence-corrected chi connectivity index (χ4v) is 3.49. The number of hydrazine groups is 1. The van der Waals surface area contributed by atoms with E-state index in [4.69, 9.17) is 33.8 Å². The highest BCUT2D eigenvalue weighted by Crippen LogP contribution is 2.37. The number of hydrogen-bond donors (Lipinski definition) is 2. The number of benzene rings is 1.